The second-order valence-corrected chi connectivity index (χ2v) is 7.09. The maximum absolute atomic E-state index is 12.1. The Morgan fingerprint density at radius 3 is 2.75 bits per heavy atom. The van der Waals surface area contributed by atoms with Gasteiger partial charge in [0.1, 0.15) is 5.60 Å². The van der Waals surface area contributed by atoms with Gasteiger partial charge in [0, 0.05) is 25.3 Å². The quantitative estimate of drug-likeness (QED) is 0.830. The van der Waals surface area contributed by atoms with Gasteiger partial charge in [0.25, 0.3) is 0 Å². The summed E-state index contributed by atoms with van der Waals surface area (Å²) in [5, 5.41) is 5.58. The van der Waals surface area contributed by atoms with Crippen LogP contribution in [0, 0.1) is 0 Å². The number of fused-ring (bicyclic) bond motifs is 1. The smallest absolute Gasteiger partial charge is 0.410 e. The summed E-state index contributed by atoms with van der Waals surface area (Å²) in [5.41, 5.74) is 3.72. The number of urea groups is 1. The van der Waals surface area contributed by atoms with E-state index in [9.17, 15) is 9.59 Å². The molecule has 1 aromatic carbocycles. The summed E-state index contributed by atoms with van der Waals surface area (Å²) in [6.45, 7) is 7.32. The van der Waals surface area contributed by atoms with Gasteiger partial charge in [-0.3, -0.25) is 0 Å². The van der Waals surface area contributed by atoms with Crippen LogP contribution in [0.2, 0.25) is 0 Å². The van der Waals surface area contributed by atoms with Gasteiger partial charge in [-0.2, -0.15) is 0 Å². The number of hydrogen-bond donors (Lipinski definition) is 2. The zero-order chi connectivity index (χ0) is 17.3. The summed E-state index contributed by atoms with van der Waals surface area (Å²) in [6.07, 6.45) is 2.55. The molecular formula is C18H23N3O3. The summed E-state index contributed by atoms with van der Waals surface area (Å²) >= 11 is 0. The van der Waals surface area contributed by atoms with Crippen LogP contribution in [-0.2, 0) is 11.3 Å². The van der Waals surface area contributed by atoms with E-state index in [1.807, 2.05) is 32.9 Å². The summed E-state index contributed by atoms with van der Waals surface area (Å²) in [6, 6.07) is 5.92. The molecule has 0 aliphatic carbocycles. The lowest BCUT2D eigenvalue weighted by molar-refractivity contribution is 0.0270. The van der Waals surface area contributed by atoms with Crippen molar-refractivity contribution >= 4 is 23.4 Å². The molecule has 2 heterocycles. The van der Waals surface area contributed by atoms with Crippen molar-refractivity contribution in [3.63, 3.8) is 0 Å². The van der Waals surface area contributed by atoms with Gasteiger partial charge in [-0.05, 0) is 50.0 Å². The van der Waals surface area contributed by atoms with Crippen molar-refractivity contribution in [3.05, 3.63) is 35.4 Å². The van der Waals surface area contributed by atoms with Crippen LogP contribution in [0.1, 0.15) is 38.3 Å². The van der Waals surface area contributed by atoms with E-state index in [0.717, 1.165) is 23.2 Å². The molecule has 0 unspecified atom stereocenters. The average Bonchev–Trinajstić information content (AvgIpc) is 2.52. The normalized spacial score (nSPS) is 17.4. The third-order valence-electron chi connectivity index (χ3n) is 4.03. The van der Waals surface area contributed by atoms with Gasteiger partial charge in [0.2, 0.25) is 0 Å². The van der Waals surface area contributed by atoms with Gasteiger partial charge in [0.05, 0.1) is 0 Å². The molecule has 6 nitrogen and oxygen atoms in total. The molecule has 2 aliphatic rings. The first-order valence-corrected chi connectivity index (χ1v) is 8.17. The van der Waals surface area contributed by atoms with E-state index in [0.29, 0.717) is 19.6 Å². The number of nitrogens with zero attached hydrogens (tertiary/aromatic N) is 1. The number of amides is 3. The molecule has 0 fully saturated rings. The number of benzene rings is 1. The van der Waals surface area contributed by atoms with Gasteiger partial charge in [0.15, 0.2) is 0 Å². The Labute approximate surface area is 141 Å². The zero-order valence-electron chi connectivity index (χ0n) is 14.3. The van der Waals surface area contributed by atoms with Crippen molar-refractivity contribution in [2.45, 2.75) is 39.3 Å². The molecule has 0 radical (unpaired) electrons. The molecule has 0 aromatic heterocycles. The van der Waals surface area contributed by atoms with Crippen molar-refractivity contribution in [1.29, 1.82) is 0 Å². The number of ether oxygens (including phenoxy) is 1. The van der Waals surface area contributed by atoms with Crippen LogP contribution in [0.25, 0.3) is 5.57 Å². The third-order valence-corrected chi connectivity index (χ3v) is 4.03. The molecule has 0 atom stereocenters. The molecule has 0 saturated carbocycles. The molecule has 3 amide bonds. The first-order valence-electron chi connectivity index (χ1n) is 8.17. The van der Waals surface area contributed by atoms with Crippen LogP contribution < -0.4 is 10.6 Å². The highest BCUT2D eigenvalue weighted by atomic mass is 16.6. The monoisotopic (exact) mass is 329 g/mol. The Balaban J connectivity index is 1.70. The second-order valence-electron chi connectivity index (χ2n) is 7.09. The van der Waals surface area contributed by atoms with E-state index < -0.39 is 5.60 Å². The molecule has 0 bridgehead atoms. The van der Waals surface area contributed by atoms with Crippen LogP contribution in [0.3, 0.4) is 0 Å². The van der Waals surface area contributed by atoms with E-state index in [2.05, 4.69) is 22.8 Å². The Hall–Kier alpha value is -2.50. The van der Waals surface area contributed by atoms with Crippen molar-refractivity contribution in [3.8, 4) is 0 Å². The highest BCUT2D eigenvalue weighted by Gasteiger charge is 2.24. The molecule has 0 saturated heterocycles. The molecule has 2 N–H and O–H groups in total. The van der Waals surface area contributed by atoms with Crippen molar-refractivity contribution < 1.29 is 14.3 Å². The topological polar surface area (TPSA) is 70.7 Å². The van der Waals surface area contributed by atoms with E-state index in [4.69, 9.17) is 4.74 Å². The minimum absolute atomic E-state index is 0.173. The molecule has 0 spiro atoms. The number of nitrogens with one attached hydrogen (secondary N) is 2. The number of carbonyl (C=O) groups excluding carboxylic acids is 2. The van der Waals surface area contributed by atoms with Gasteiger partial charge < -0.3 is 20.3 Å². The minimum Gasteiger partial charge on any atom is -0.444 e. The maximum atomic E-state index is 12.1. The highest BCUT2D eigenvalue weighted by molar-refractivity contribution is 5.93. The van der Waals surface area contributed by atoms with Gasteiger partial charge in [-0.15, -0.1) is 0 Å². The molecule has 6 heteroatoms. The number of anilines is 1. The molecule has 1 aromatic rings. The maximum Gasteiger partial charge on any atom is 0.410 e. The van der Waals surface area contributed by atoms with E-state index in [-0.39, 0.29) is 12.1 Å². The summed E-state index contributed by atoms with van der Waals surface area (Å²) in [5.74, 6) is 0. The van der Waals surface area contributed by atoms with Crippen molar-refractivity contribution in [2.24, 2.45) is 0 Å². The number of carbonyl (C=O) groups is 2. The van der Waals surface area contributed by atoms with Crippen LogP contribution in [0.4, 0.5) is 15.3 Å². The number of rotatable bonds is 1. The SMILES string of the molecule is CC(C)(C)OC(=O)N1CC=C(c2ccc3c(c2)NC(=O)NC3)CC1. The Morgan fingerprint density at radius 2 is 2.08 bits per heavy atom. The number of hydrogen-bond acceptors (Lipinski definition) is 3. The molecule has 2 aliphatic heterocycles. The standard InChI is InChI=1S/C18H23N3O3/c1-18(2,3)24-17(23)21-8-6-12(7-9-21)13-4-5-14-11-19-16(22)20-15(14)10-13/h4-6,10H,7-9,11H2,1-3H3,(H2,19,20,22). The predicted octanol–water partition coefficient (Wildman–Crippen LogP) is 3.35. The third kappa shape index (κ3) is 3.69. The summed E-state index contributed by atoms with van der Waals surface area (Å²) in [4.78, 5) is 25.3. The van der Waals surface area contributed by atoms with E-state index in [1.54, 1.807) is 4.90 Å². The molecule has 128 valence electrons. The lowest BCUT2D eigenvalue weighted by Crippen LogP contribution is -2.39. The summed E-state index contributed by atoms with van der Waals surface area (Å²) < 4.78 is 5.41. The predicted molar refractivity (Wildman–Crippen MR) is 92.7 cm³/mol. The van der Waals surface area contributed by atoms with E-state index in [1.165, 1.54) is 5.57 Å². The lowest BCUT2D eigenvalue weighted by Gasteiger charge is -2.30. The highest BCUT2D eigenvalue weighted by Crippen LogP contribution is 2.28. The first kappa shape index (κ1) is 16.4. The van der Waals surface area contributed by atoms with Crippen molar-refractivity contribution in [1.82, 2.24) is 10.2 Å². The second kappa shape index (κ2) is 6.19. The summed E-state index contributed by atoms with van der Waals surface area (Å²) in [7, 11) is 0. The van der Waals surface area contributed by atoms with Crippen LogP contribution in [0.15, 0.2) is 24.3 Å². The fourth-order valence-electron chi connectivity index (χ4n) is 2.81. The Bertz CT molecular complexity index is 704. The van der Waals surface area contributed by atoms with Crippen LogP contribution in [0.5, 0.6) is 0 Å². The van der Waals surface area contributed by atoms with Gasteiger partial charge in [-0.25, -0.2) is 9.59 Å². The fraction of sp³-hybridized carbons (Fsp3) is 0.444. The molecule has 3 rings (SSSR count). The van der Waals surface area contributed by atoms with Crippen molar-refractivity contribution in [2.75, 3.05) is 18.4 Å². The molecule has 24 heavy (non-hydrogen) atoms. The lowest BCUT2D eigenvalue weighted by atomic mass is 9.97. The first-order chi connectivity index (χ1) is 11.3. The Kier molecular flexibility index (Phi) is 4.22. The zero-order valence-corrected chi connectivity index (χ0v) is 14.3. The minimum atomic E-state index is -0.480. The fourth-order valence-corrected chi connectivity index (χ4v) is 2.81. The largest absolute Gasteiger partial charge is 0.444 e. The average molecular weight is 329 g/mol. The molecular weight excluding hydrogens is 306 g/mol. The van der Waals surface area contributed by atoms with E-state index >= 15 is 0 Å². The van der Waals surface area contributed by atoms with Crippen LogP contribution in [-0.4, -0.2) is 35.7 Å². The van der Waals surface area contributed by atoms with Gasteiger partial charge >= 0.3 is 12.1 Å². The van der Waals surface area contributed by atoms with Crippen LogP contribution >= 0.6 is 0 Å². The Morgan fingerprint density at radius 1 is 1.29 bits per heavy atom. The van der Waals surface area contributed by atoms with Gasteiger partial charge in [-0.1, -0.05) is 18.2 Å².